The van der Waals surface area contributed by atoms with Crippen molar-refractivity contribution in [2.45, 2.75) is 13.8 Å². The number of aryl methyl sites for hydroxylation is 2. The van der Waals surface area contributed by atoms with E-state index in [0.717, 1.165) is 11.1 Å². The van der Waals surface area contributed by atoms with Gasteiger partial charge in [-0.1, -0.05) is 82.3 Å². The summed E-state index contributed by atoms with van der Waals surface area (Å²) in [7, 11) is 0. The molecular formula is C18H23IN2S2. The Hall–Kier alpha value is -0.920. The molecule has 0 spiro atoms. The summed E-state index contributed by atoms with van der Waals surface area (Å²) in [6, 6.07) is 15.9. The molecule has 0 saturated carbocycles. The topological polar surface area (TPSA) is 49.9 Å². The van der Waals surface area contributed by atoms with E-state index < -0.39 is 0 Å². The highest BCUT2D eigenvalue weighted by atomic mass is 127. The average molecular weight is 458 g/mol. The van der Waals surface area contributed by atoms with Crippen LogP contribution in [0.5, 0.6) is 0 Å². The highest BCUT2D eigenvalue weighted by molar-refractivity contribution is 14.1. The maximum Gasteiger partial charge on any atom is 0.103 e. The van der Waals surface area contributed by atoms with E-state index in [2.05, 4.69) is 22.6 Å². The van der Waals surface area contributed by atoms with Crippen LogP contribution >= 0.6 is 46.6 Å². The number of thioether (sulfide) groups is 1. The van der Waals surface area contributed by atoms with E-state index in [-0.39, 0.29) is 0 Å². The summed E-state index contributed by atoms with van der Waals surface area (Å²) in [6.45, 7) is 4.05. The van der Waals surface area contributed by atoms with Crippen molar-refractivity contribution >= 4 is 56.6 Å². The number of nitrogens with one attached hydrogen (secondary N) is 1. The number of hydrogen-bond donors (Lipinski definition) is 2. The molecule has 0 radical (unpaired) electrons. The number of thiocarbonyl (C=S) groups is 1. The lowest BCUT2D eigenvalue weighted by molar-refractivity contribution is 1.44. The fraction of sp³-hybridized carbons (Fsp3) is 0.222. The summed E-state index contributed by atoms with van der Waals surface area (Å²) in [6.07, 6.45) is 1.92. The van der Waals surface area contributed by atoms with Gasteiger partial charge in [-0.05, 0) is 37.2 Å². The molecule has 124 valence electrons. The lowest BCUT2D eigenvalue weighted by atomic mass is 10.1. The summed E-state index contributed by atoms with van der Waals surface area (Å²) in [5.74, 6) is 0. The van der Waals surface area contributed by atoms with Crippen molar-refractivity contribution in [1.29, 1.82) is 5.41 Å². The Morgan fingerprint density at radius 1 is 1.00 bits per heavy atom. The Kier molecular flexibility index (Phi) is 12.0. The van der Waals surface area contributed by atoms with Gasteiger partial charge in [0, 0.05) is 11.1 Å². The summed E-state index contributed by atoms with van der Waals surface area (Å²) in [5, 5.41) is 8.17. The fourth-order valence-corrected chi connectivity index (χ4v) is 2.19. The van der Waals surface area contributed by atoms with Gasteiger partial charge >= 0.3 is 0 Å². The van der Waals surface area contributed by atoms with Crippen LogP contribution in [0, 0.1) is 19.3 Å². The molecule has 2 aromatic carbocycles. The minimum atomic E-state index is 0.462. The molecule has 0 heterocycles. The molecule has 3 N–H and O–H groups in total. The van der Waals surface area contributed by atoms with Gasteiger partial charge in [0.1, 0.15) is 4.99 Å². The fourth-order valence-electron chi connectivity index (χ4n) is 1.70. The Bertz CT molecular complexity index is 642. The Balaban J connectivity index is 0.000000381. The first-order chi connectivity index (χ1) is 10.9. The van der Waals surface area contributed by atoms with E-state index in [1.807, 2.05) is 73.6 Å². The Morgan fingerprint density at radius 2 is 1.43 bits per heavy atom. The third-order valence-electron chi connectivity index (χ3n) is 2.79. The molecule has 2 aromatic rings. The molecule has 0 bridgehead atoms. The first-order valence-corrected chi connectivity index (χ1v) is 10.7. The van der Waals surface area contributed by atoms with E-state index in [1.54, 1.807) is 0 Å². The molecule has 0 aliphatic carbocycles. The number of benzene rings is 2. The van der Waals surface area contributed by atoms with Crippen molar-refractivity contribution in [3.63, 3.8) is 0 Å². The van der Waals surface area contributed by atoms with Gasteiger partial charge in [0.05, 0.1) is 5.04 Å². The van der Waals surface area contributed by atoms with Crippen molar-refractivity contribution in [2.75, 3.05) is 11.2 Å². The lowest BCUT2D eigenvalue weighted by Crippen LogP contribution is -2.08. The maximum atomic E-state index is 7.54. The molecule has 2 nitrogen and oxygen atoms in total. The number of nitrogens with two attached hydrogens (primary N) is 1. The van der Waals surface area contributed by atoms with Crippen LogP contribution in [0.1, 0.15) is 22.3 Å². The lowest BCUT2D eigenvalue weighted by Gasteiger charge is -2.00. The smallest absolute Gasteiger partial charge is 0.103 e. The van der Waals surface area contributed by atoms with Gasteiger partial charge in [-0.3, -0.25) is 5.41 Å². The van der Waals surface area contributed by atoms with Crippen molar-refractivity contribution in [3.05, 3.63) is 70.8 Å². The summed E-state index contributed by atoms with van der Waals surface area (Å²) in [4.78, 5) is 2.43. The second-order valence-corrected chi connectivity index (χ2v) is 5.89. The molecule has 0 fully saturated rings. The van der Waals surface area contributed by atoms with Crippen LogP contribution in [-0.4, -0.2) is 21.2 Å². The van der Waals surface area contributed by atoms with Gasteiger partial charge in [0.25, 0.3) is 0 Å². The molecule has 5 heteroatoms. The Morgan fingerprint density at radius 3 is 1.78 bits per heavy atom. The third-order valence-corrected chi connectivity index (χ3v) is 3.67. The minimum absolute atomic E-state index is 0.462. The van der Waals surface area contributed by atoms with Crippen molar-refractivity contribution < 1.29 is 0 Å². The van der Waals surface area contributed by atoms with Gasteiger partial charge in [-0.2, -0.15) is 0 Å². The number of alkyl halides is 1. The molecular weight excluding hydrogens is 435 g/mol. The third kappa shape index (κ3) is 9.07. The number of hydrogen-bond acceptors (Lipinski definition) is 3. The maximum absolute atomic E-state index is 7.54. The monoisotopic (exact) mass is 458 g/mol. The van der Waals surface area contributed by atoms with Crippen LogP contribution in [0.3, 0.4) is 0 Å². The van der Waals surface area contributed by atoms with Gasteiger partial charge < -0.3 is 5.73 Å². The molecule has 2 rings (SSSR count). The molecule has 0 saturated heterocycles. The molecule has 23 heavy (non-hydrogen) atoms. The van der Waals surface area contributed by atoms with Crippen molar-refractivity contribution in [3.8, 4) is 0 Å². The quantitative estimate of drug-likeness (QED) is 0.209. The summed E-state index contributed by atoms with van der Waals surface area (Å²) >= 11 is 8.42. The predicted octanol–water partition coefficient (Wildman–Crippen LogP) is 5.36. The van der Waals surface area contributed by atoms with Gasteiger partial charge in [-0.15, -0.1) is 11.8 Å². The van der Waals surface area contributed by atoms with Crippen LogP contribution in [0.25, 0.3) is 0 Å². The minimum Gasteiger partial charge on any atom is -0.389 e. The zero-order valence-electron chi connectivity index (χ0n) is 13.9. The van der Waals surface area contributed by atoms with E-state index in [4.69, 9.17) is 23.4 Å². The summed E-state index contributed by atoms with van der Waals surface area (Å²) in [5.41, 5.74) is 9.76. The van der Waals surface area contributed by atoms with E-state index in [1.165, 1.54) is 22.9 Å². The molecule has 0 aliphatic heterocycles. The largest absolute Gasteiger partial charge is 0.389 e. The van der Waals surface area contributed by atoms with Crippen molar-refractivity contribution in [2.24, 2.45) is 5.73 Å². The first-order valence-electron chi connectivity index (χ1n) is 6.88. The standard InChI is InChI=1S/C9H11NS.C8H9NS.CH3I/c1-7-4-3-5-8(6-7)9(10)11-2;1-6-3-2-4-7(5-6)8(9)10;1-2/h3-6,10H,1-2H3;2-5H,1H3,(H2,9,10);1H3. The highest BCUT2D eigenvalue weighted by Gasteiger charge is 1.97. The SMILES string of the molecule is CI.CSC(=N)c1cccc(C)c1.Cc1cccc(C(N)=S)c1. The molecule has 0 amide bonds. The second kappa shape index (κ2) is 12.5. The summed E-state index contributed by atoms with van der Waals surface area (Å²) < 4.78 is 0. The van der Waals surface area contributed by atoms with Crippen LogP contribution in [-0.2, 0) is 0 Å². The molecule has 0 atom stereocenters. The normalized spacial score (nSPS) is 8.91. The highest BCUT2D eigenvalue weighted by Crippen LogP contribution is 2.10. The number of halogens is 1. The zero-order valence-corrected chi connectivity index (χ0v) is 17.7. The van der Waals surface area contributed by atoms with Crippen LogP contribution in [0.15, 0.2) is 48.5 Å². The first kappa shape index (κ1) is 22.1. The van der Waals surface area contributed by atoms with Gasteiger partial charge in [0.15, 0.2) is 0 Å². The van der Waals surface area contributed by atoms with E-state index in [9.17, 15) is 0 Å². The van der Waals surface area contributed by atoms with Gasteiger partial charge in [-0.25, -0.2) is 0 Å². The number of rotatable bonds is 2. The van der Waals surface area contributed by atoms with Gasteiger partial charge in [0.2, 0.25) is 0 Å². The van der Waals surface area contributed by atoms with E-state index >= 15 is 0 Å². The molecule has 0 aliphatic rings. The van der Waals surface area contributed by atoms with Crippen LogP contribution < -0.4 is 5.73 Å². The van der Waals surface area contributed by atoms with Crippen molar-refractivity contribution in [1.82, 2.24) is 0 Å². The van der Waals surface area contributed by atoms with E-state index in [0.29, 0.717) is 10.0 Å². The average Bonchev–Trinajstić information content (AvgIpc) is 2.56. The predicted molar refractivity (Wildman–Crippen MR) is 119 cm³/mol. The molecule has 0 unspecified atom stereocenters. The zero-order chi connectivity index (χ0) is 17.8. The second-order valence-electron chi connectivity index (χ2n) is 4.64. The molecule has 0 aromatic heterocycles. The van der Waals surface area contributed by atoms with Crippen LogP contribution in [0.2, 0.25) is 0 Å². The Labute approximate surface area is 162 Å². The van der Waals surface area contributed by atoms with Crippen LogP contribution in [0.4, 0.5) is 0 Å².